The fraction of sp³-hybridized carbons (Fsp3) is 0.321. The van der Waals surface area contributed by atoms with Gasteiger partial charge in [-0.3, -0.25) is 9.78 Å². The Balaban J connectivity index is 1.49. The van der Waals surface area contributed by atoms with E-state index in [9.17, 15) is 10.1 Å². The van der Waals surface area contributed by atoms with Gasteiger partial charge in [0.15, 0.2) is 5.82 Å². The summed E-state index contributed by atoms with van der Waals surface area (Å²) in [6.07, 6.45) is 3.24. The highest BCUT2D eigenvalue weighted by atomic mass is 16.5. The number of anilines is 2. The number of imidazole rings is 1. The van der Waals surface area contributed by atoms with E-state index in [-0.39, 0.29) is 11.9 Å². The highest BCUT2D eigenvalue weighted by Crippen LogP contribution is 2.32. The van der Waals surface area contributed by atoms with E-state index >= 15 is 0 Å². The molecule has 3 aromatic heterocycles. The Bertz CT molecular complexity index is 1520. The maximum atomic E-state index is 13.1. The van der Waals surface area contributed by atoms with Crippen molar-refractivity contribution in [1.29, 1.82) is 5.26 Å². The first kappa shape index (κ1) is 24.4. The number of ether oxygens (including phenoxy) is 1. The number of amides is 1. The molecular formula is C28H29N7O2. The Morgan fingerprint density at radius 3 is 2.86 bits per heavy atom. The zero-order valence-electron chi connectivity index (χ0n) is 21.4. The third kappa shape index (κ3) is 4.76. The van der Waals surface area contributed by atoms with Crippen LogP contribution in [0, 0.1) is 18.3 Å². The number of hydrogen-bond acceptors (Lipinski definition) is 7. The number of fused-ring (bicyclic) bond motifs is 1. The minimum atomic E-state index is -0.792. The van der Waals surface area contributed by atoms with Gasteiger partial charge in [0, 0.05) is 29.6 Å². The van der Waals surface area contributed by atoms with Gasteiger partial charge in [0.1, 0.15) is 5.52 Å². The van der Waals surface area contributed by atoms with Crippen LogP contribution in [0.1, 0.15) is 42.4 Å². The molecule has 1 fully saturated rings. The molecule has 1 atom stereocenters. The Kier molecular flexibility index (Phi) is 6.36. The number of benzene rings is 1. The number of aromatic nitrogens is 4. The molecule has 0 aliphatic carbocycles. The molecule has 188 valence electrons. The second kappa shape index (κ2) is 9.64. The summed E-state index contributed by atoms with van der Waals surface area (Å²) in [4.78, 5) is 32.4. The molecule has 2 N–H and O–H groups in total. The molecule has 9 heteroatoms. The highest BCUT2D eigenvalue weighted by molar-refractivity contribution is 6.04. The monoisotopic (exact) mass is 495 g/mol. The Hall–Kier alpha value is -4.29. The van der Waals surface area contributed by atoms with E-state index in [0.717, 1.165) is 40.2 Å². The van der Waals surface area contributed by atoms with Gasteiger partial charge in [-0.05, 0) is 63.6 Å². The van der Waals surface area contributed by atoms with Crippen LogP contribution in [0.15, 0.2) is 48.9 Å². The van der Waals surface area contributed by atoms with Crippen LogP contribution in [0.3, 0.4) is 0 Å². The molecule has 1 aliphatic rings. The van der Waals surface area contributed by atoms with Crippen molar-refractivity contribution in [1.82, 2.24) is 19.9 Å². The number of H-pyrrole nitrogens is 1. The van der Waals surface area contributed by atoms with E-state index in [4.69, 9.17) is 9.72 Å². The fourth-order valence-corrected chi connectivity index (χ4v) is 4.46. The predicted molar refractivity (Wildman–Crippen MR) is 143 cm³/mol. The van der Waals surface area contributed by atoms with Crippen molar-refractivity contribution >= 4 is 28.4 Å². The van der Waals surface area contributed by atoms with Gasteiger partial charge in [-0.15, -0.1) is 0 Å². The minimum absolute atomic E-state index is 0.180. The number of morpholine rings is 1. The Morgan fingerprint density at radius 1 is 1.24 bits per heavy atom. The SMILES string of the molecule is Cc1ccc(NC(=O)c2ccnc(C(C)(C)C#N)c2)cc1-c1cc2[nH]cnc2c(N2CCOCC2C)n1. The van der Waals surface area contributed by atoms with Crippen LogP contribution >= 0.6 is 0 Å². The summed E-state index contributed by atoms with van der Waals surface area (Å²) in [5.41, 5.74) is 5.32. The van der Waals surface area contributed by atoms with E-state index in [1.54, 1.807) is 38.5 Å². The van der Waals surface area contributed by atoms with Gasteiger partial charge < -0.3 is 19.9 Å². The lowest BCUT2D eigenvalue weighted by molar-refractivity contribution is 0.0987. The number of rotatable bonds is 5. The topological polar surface area (TPSA) is 120 Å². The molecule has 0 spiro atoms. The lowest BCUT2D eigenvalue weighted by atomic mass is 9.90. The van der Waals surface area contributed by atoms with Crippen LogP contribution in [0.5, 0.6) is 0 Å². The van der Waals surface area contributed by atoms with Gasteiger partial charge in [0.2, 0.25) is 0 Å². The van der Waals surface area contributed by atoms with Gasteiger partial charge in [-0.1, -0.05) is 6.07 Å². The highest BCUT2D eigenvalue weighted by Gasteiger charge is 2.25. The number of carbonyl (C=O) groups is 1. The fourth-order valence-electron chi connectivity index (χ4n) is 4.46. The summed E-state index contributed by atoms with van der Waals surface area (Å²) in [6.45, 7) is 9.72. The lowest BCUT2D eigenvalue weighted by Crippen LogP contribution is -2.44. The number of nitrogens with one attached hydrogen (secondary N) is 2. The molecule has 37 heavy (non-hydrogen) atoms. The summed E-state index contributed by atoms with van der Waals surface area (Å²) in [5.74, 6) is 0.551. The zero-order valence-corrected chi connectivity index (χ0v) is 21.4. The average Bonchev–Trinajstić information content (AvgIpc) is 3.38. The standard InChI is InChI=1S/C28H29N7O2/c1-17-5-6-20(33-27(36)19-7-8-30-24(11-19)28(3,4)15-29)12-21(17)22-13-23-25(32-16-31-23)26(34-22)35-9-10-37-14-18(35)2/h5-8,11-13,16,18H,9-10,14H2,1-4H3,(H,31,32)(H,33,36). The first-order chi connectivity index (χ1) is 17.8. The van der Waals surface area contributed by atoms with Crippen LogP contribution in [-0.2, 0) is 10.2 Å². The molecule has 0 bridgehead atoms. The van der Waals surface area contributed by atoms with Crippen LogP contribution in [0.2, 0.25) is 0 Å². The Labute approximate surface area is 215 Å². The van der Waals surface area contributed by atoms with Crippen molar-refractivity contribution in [3.8, 4) is 17.3 Å². The molecule has 9 nitrogen and oxygen atoms in total. The van der Waals surface area contributed by atoms with Crippen LogP contribution in [-0.4, -0.2) is 51.6 Å². The number of hydrogen-bond donors (Lipinski definition) is 2. The lowest BCUT2D eigenvalue weighted by Gasteiger charge is -2.34. The molecule has 5 rings (SSSR count). The molecule has 1 aliphatic heterocycles. The molecule has 4 aromatic rings. The molecule has 1 unspecified atom stereocenters. The summed E-state index contributed by atoms with van der Waals surface area (Å²) in [5, 5.41) is 12.4. The van der Waals surface area contributed by atoms with Crippen molar-refractivity contribution < 1.29 is 9.53 Å². The number of carbonyl (C=O) groups excluding carboxylic acids is 1. The maximum absolute atomic E-state index is 13.1. The summed E-state index contributed by atoms with van der Waals surface area (Å²) < 4.78 is 5.62. The normalized spacial score (nSPS) is 16.0. The second-order valence-electron chi connectivity index (χ2n) is 9.90. The van der Waals surface area contributed by atoms with E-state index in [0.29, 0.717) is 30.2 Å². The number of aromatic amines is 1. The largest absolute Gasteiger partial charge is 0.377 e. The molecule has 4 heterocycles. The third-order valence-electron chi connectivity index (χ3n) is 6.74. The summed E-state index contributed by atoms with van der Waals surface area (Å²) in [6, 6.07) is 13.5. The maximum Gasteiger partial charge on any atom is 0.255 e. The summed E-state index contributed by atoms with van der Waals surface area (Å²) >= 11 is 0. The van der Waals surface area contributed by atoms with Crippen LogP contribution in [0.25, 0.3) is 22.3 Å². The van der Waals surface area contributed by atoms with E-state index in [1.165, 1.54) is 0 Å². The summed E-state index contributed by atoms with van der Waals surface area (Å²) in [7, 11) is 0. The van der Waals surface area contributed by atoms with Gasteiger partial charge in [-0.2, -0.15) is 5.26 Å². The van der Waals surface area contributed by atoms with Crippen molar-refractivity contribution in [2.75, 3.05) is 30.0 Å². The molecule has 1 amide bonds. The van der Waals surface area contributed by atoms with Crippen molar-refractivity contribution in [3.05, 3.63) is 65.7 Å². The number of pyridine rings is 2. The number of nitrogens with zero attached hydrogens (tertiary/aromatic N) is 5. The van der Waals surface area contributed by atoms with E-state index in [2.05, 4.69) is 38.2 Å². The van der Waals surface area contributed by atoms with Gasteiger partial charge in [0.05, 0.1) is 54.0 Å². The second-order valence-corrected chi connectivity index (χ2v) is 9.90. The van der Waals surface area contributed by atoms with Crippen LogP contribution in [0.4, 0.5) is 11.5 Å². The Morgan fingerprint density at radius 2 is 2.08 bits per heavy atom. The third-order valence-corrected chi connectivity index (χ3v) is 6.74. The number of aryl methyl sites for hydroxylation is 1. The van der Waals surface area contributed by atoms with E-state index in [1.807, 2.05) is 31.2 Å². The van der Waals surface area contributed by atoms with Gasteiger partial charge >= 0.3 is 0 Å². The van der Waals surface area contributed by atoms with Gasteiger partial charge in [-0.25, -0.2) is 9.97 Å². The number of nitriles is 1. The molecule has 1 aromatic carbocycles. The first-order valence-electron chi connectivity index (χ1n) is 12.3. The molecule has 1 saturated heterocycles. The van der Waals surface area contributed by atoms with Crippen LogP contribution < -0.4 is 10.2 Å². The minimum Gasteiger partial charge on any atom is -0.377 e. The smallest absolute Gasteiger partial charge is 0.255 e. The first-order valence-corrected chi connectivity index (χ1v) is 12.3. The predicted octanol–water partition coefficient (Wildman–Crippen LogP) is 4.61. The zero-order chi connectivity index (χ0) is 26.2. The van der Waals surface area contributed by atoms with Crippen molar-refractivity contribution in [2.45, 2.75) is 39.2 Å². The molecule has 0 radical (unpaired) electrons. The van der Waals surface area contributed by atoms with Crippen molar-refractivity contribution in [2.24, 2.45) is 0 Å². The average molecular weight is 496 g/mol. The van der Waals surface area contributed by atoms with E-state index < -0.39 is 5.41 Å². The quantitative estimate of drug-likeness (QED) is 0.415. The molecular weight excluding hydrogens is 466 g/mol. The van der Waals surface area contributed by atoms with Crippen molar-refractivity contribution in [3.63, 3.8) is 0 Å². The van der Waals surface area contributed by atoms with Gasteiger partial charge in [0.25, 0.3) is 5.91 Å². The molecule has 0 saturated carbocycles.